The van der Waals surface area contributed by atoms with Gasteiger partial charge in [0.25, 0.3) is 5.91 Å². The predicted molar refractivity (Wildman–Crippen MR) is 126 cm³/mol. The third kappa shape index (κ3) is 5.16. The Hall–Kier alpha value is -3.43. The highest BCUT2D eigenvalue weighted by molar-refractivity contribution is 6.06. The van der Waals surface area contributed by atoms with Crippen molar-refractivity contribution in [2.24, 2.45) is 5.92 Å². The Kier molecular flexibility index (Phi) is 6.57. The number of fused-ring (bicyclic) bond motifs is 1. The third-order valence-electron chi connectivity index (χ3n) is 6.72. The topological polar surface area (TPSA) is 116 Å². The maximum Gasteiger partial charge on any atom is 0.410 e. The Morgan fingerprint density at radius 1 is 1.09 bits per heavy atom. The molecule has 0 radical (unpaired) electrons. The minimum atomic E-state index is -0.675. The number of hydrogen-bond donors (Lipinski definition) is 1. The number of amides is 5. The van der Waals surface area contributed by atoms with Crippen LogP contribution in [0.3, 0.4) is 0 Å². The number of imide groups is 1. The van der Waals surface area contributed by atoms with Gasteiger partial charge in [0.2, 0.25) is 17.7 Å². The zero-order chi connectivity index (χ0) is 25.5. The second-order valence-electron chi connectivity index (χ2n) is 10.4. The lowest BCUT2D eigenvalue weighted by atomic mass is 9.95. The smallest absolute Gasteiger partial charge is 0.410 e. The van der Waals surface area contributed by atoms with Crippen LogP contribution in [0.2, 0.25) is 0 Å². The maximum absolute atomic E-state index is 13.2. The average molecular weight is 485 g/mol. The molecule has 0 bridgehead atoms. The van der Waals surface area contributed by atoms with E-state index in [1.54, 1.807) is 29.0 Å². The van der Waals surface area contributed by atoms with Crippen LogP contribution in [0.15, 0.2) is 18.2 Å². The lowest BCUT2D eigenvalue weighted by molar-refractivity contribution is -0.137. The molecule has 5 amide bonds. The number of anilines is 1. The first kappa shape index (κ1) is 24.7. The predicted octanol–water partition coefficient (Wildman–Crippen LogP) is 2.06. The van der Waals surface area contributed by atoms with Gasteiger partial charge in [-0.2, -0.15) is 0 Å². The summed E-state index contributed by atoms with van der Waals surface area (Å²) in [5, 5.41) is 2.30. The molecule has 0 spiro atoms. The fraction of sp³-hybridized carbons (Fsp3) is 0.560. The van der Waals surface area contributed by atoms with E-state index in [1.165, 1.54) is 4.90 Å². The molecule has 0 saturated carbocycles. The molecule has 3 aliphatic rings. The molecule has 0 aliphatic carbocycles. The van der Waals surface area contributed by atoms with Crippen LogP contribution in [0.5, 0.6) is 0 Å². The minimum Gasteiger partial charge on any atom is -0.444 e. The van der Waals surface area contributed by atoms with Crippen LogP contribution in [0.4, 0.5) is 10.5 Å². The van der Waals surface area contributed by atoms with Crippen LogP contribution in [-0.2, 0) is 25.7 Å². The summed E-state index contributed by atoms with van der Waals surface area (Å²) in [5.41, 5.74) is 1.36. The van der Waals surface area contributed by atoms with Crippen molar-refractivity contribution in [3.05, 3.63) is 29.3 Å². The summed E-state index contributed by atoms with van der Waals surface area (Å²) in [5.74, 6) is -1.28. The minimum absolute atomic E-state index is 0.0415. The van der Waals surface area contributed by atoms with Crippen molar-refractivity contribution < 1.29 is 28.7 Å². The summed E-state index contributed by atoms with van der Waals surface area (Å²) in [6.07, 6.45) is 1.24. The van der Waals surface area contributed by atoms with Gasteiger partial charge in [-0.25, -0.2) is 4.79 Å². The maximum atomic E-state index is 13.2. The summed E-state index contributed by atoms with van der Waals surface area (Å²) < 4.78 is 5.42. The number of benzene rings is 1. The van der Waals surface area contributed by atoms with E-state index in [2.05, 4.69) is 5.32 Å². The number of hydrogen-bond acceptors (Lipinski definition) is 6. The second kappa shape index (κ2) is 9.31. The van der Waals surface area contributed by atoms with Gasteiger partial charge in [0.15, 0.2) is 0 Å². The quantitative estimate of drug-likeness (QED) is 0.657. The van der Waals surface area contributed by atoms with Gasteiger partial charge in [0, 0.05) is 50.3 Å². The van der Waals surface area contributed by atoms with Crippen molar-refractivity contribution in [3.8, 4) is 0 Å². The average Bonchev–Trinajstić information content (AvgIpc) is 3.12. The number of carbonyl (C=O) groups excluding carboxylic acids is 5. The number of nitrogens with one attached hydrogen (secondary N) is 1. The van der Waals surface area contributed by atoms with Crippen LogP contribution in [-0.4, -0.2) is 71.3 Å². The summed E-state index contributed by atoms with van der Waals surface area (Å²) in [6, 6.07) is 4.56. The van der Waals surface area contributed by atoms with E-state index in [9.17, 15) is 24.0 Å². The van der Waals surface area contributed by atoms with E-state index in [0.29, 0.717) is 43.6 Å². The largest absolute Gasteiger partial charge is 0.444 e. The van der Waals surface area contributed by atoms with Crippen LogP contribution in [0.25, 0.3) is 0 Å². The molecule has 4 rings (SSSR count). The molecule has 1 unspecified atom stereocenters. The van der Waals surface area contributed by atoms with Crippen LogP contribution in [0, 0.1) is 5.92 Å². The fourth-order valence-corrected chi connectivity index (χ4v) is 4.81. The zero-order valence-electron chi connectivity index (χ0n) is 20.6. The molecule has 1 atom stereocenters. The molecule has 0 aromatic heterocycles. The number of rotatable bonds is 3. The molecule has 1 aromatic carbocycles. The van der Waals surface area contributed by atoms with Crippen molar-refractivity contribution >= 4 is 35.4 Å². The number of ether oxygens (including phenoxy) is 1. The highest BCUT2D eigenvalue weighted by Gasteiger charge is 2.39. The highest BCUT2D eigenvalue weighted by atomic mass is 16.6. The van der Waals surface area contributed by atoms with E-state index >= 15 is 0 Å². The zero-order valence-corrected chi connectivity index (χ0v) is 20.6. The first-order valence-corrected chi connectivity index (χ1v) is 12.0. The van der Waals surface area contributed by atoms with Crippen LogP contribution < -0.4 is 10.2 Å². The van der Waals surface area contributed by atoms with Gasteiger partial charge in [0.1, 0.15) is 11.6 Å². The molecule has 3 aliphatic heterocycles. The Labute approximate surface area is 204 Å². The Bertz CT molecular complexity index is 1070. The fourth-order valence-electron chi connectivity index (χ4n) is 4.81. The molecule has 35 heavy (non-hydrogen) atoms. The number of piperidine rings is 2. The molecule has 188 valence electrons. The van der Waals surface area contributed by atoms with Crippen molar-refractivity contribution in [1.82, 2.24) is 15.1 Å². The lowest BCUT2D eigenvalue weighted by Crippen LogP contribution is -2.52. The molecule has 10 nitrogen and oxygen atoms in total. The normalized spacial score (nSPS) is 21.0. The molecule has 1 N–H and O–H groups in total. The Morgan fingerprint density at radius 2 is 1.77 bits per heavy atom. The third-order valence-corrected chi connectivity index (χ3v) is 6.72. The van der Waals surface area contributed by atoms with Crippen molar-refractivity contribution in [2.45, 2.75) is 64.6 Å². The van der Waals surface area contributed by atoms with Gasteiger partial charge in [-0.05, 0) is 63.8 Å². The van der Waals surface area contributed by atoms with Crippen molar-refractivity contribution in [3.63, 3.8) is 0 Å². The van der Waals surface area contributed by atoms with Crippen molar-refractivity contribution in [1.29, 1.82) is 0 Å². The van der Waals surface area contributed by atoms with Gasteiger partial charge < -0.3 is 19.4 Å². The van der Waals surface area contributed by atoms with E-state index in [1.807, 2.05) is 26.8 Å². The molecular weight excluding hydrogens is 452 g/mol. The van der Waals surface area contributed by atoms with Gasteiger partial charge in [-0.15, -0.1) is 0 Å². The number of carbonyl (C=O) groups is 5. The summed E-state index contributed by atoms with van der Waals surface area (Å²) in [6.45, 7) is 6.64. The van der Waals surface area contributed by atoms with Crippen LogP contribution in [0.1, 0.15) is 62.4 Å². The number of likely N-dealkylation sites (tertiary alicyclic amines) is 1. The summed E-state index contributed by atoms with van der Waals surface area (Å²) in [7, 11) is 1.71. The summed E-state index contributed by atoms with van der Waals surface area (Å²) >= 11 is 0. The molecule has 1 aromatic rings. The van der Waals surface area contributed by atoms with E-state index < -0.39 is 17.6 Å². The molecule has 2 fully saturated rings. The second-order valence-corrected chi connectivity index (χ2v) is 10.4. The Balaban J connectivity index is 1.39. The molecule has 3 heterocycles. The van der Waals surface area contributed by atoms with E-state index in [4.69, 9.17) is 4.74 Å². The van der Waals surface area contributed by atoms with Crippen LogP contribution >= 0.6 is 0 Å². The van der Waals surface area contributed by atoms with Gasteiger partial charge in [0.05, 0.1) is 0 Å². The lowest BCUT2D eigenvalue weighted by Gasteiger charge is -2.34. The molecule has 2 saturated heterocycles. The van der Waals surface area contributed by atoms with Crippen molar-refractivity contribution in [2.75, 3.05) is 25.0 Å². The molecule has 10 heteroatoms. The monoisotopic (exact) mass is 484 g/mol. The SMILES string of the molecule is CN(C(=O)C1CCN(C(=O)OC(C)(C)C)CC1)c1ccc2c(c1)CN(C1CCC(=O)NC1=O)C2=O. The first-order valence-electron chi connectivity index (χ1n) is 12.0. The highest BCUT2D eigenvalue weighted by Crippen LogP contribution is 2.31. The standard InChI is InChI=1S/C25H32N4O6/c1-25(2,3)35-24(34)28-11-9-15(10-12-28)22(32)27(4)17-5-6-18-16(13-17)14-29(23(18)33)19-7-8-20(30)26-21(19)31/h5-6,13,15,19H,7-12,14H2,1-4H3,(H,26,30,31). The van der Waals surface area contributed by atoms with Gasteiger partial charge >= 0.3 is 6.09 Å². The van der Waals surface area contributed by atoms with E-state index in [-0.39, 0.29) is 42.7 Å². The van der Waals surface area contributed by atoms with E-state index in [0.717, 1.165) is 5.56 Å². The number of nitrogens with zero attached hydrogens (tertiary/aromatic N) is 3. The Morgan fingerprint density at radius 3 is 2.40 bits per heavy atom. The summed E-state index contributed by atoms with van der Waals surface area (Å²) in [4.78, 5) is 66.8. The van der Waals surface area contributed by atoms with Gasteiger partial charge in [-0.3, -0.25) is 24.5 Å². The van der Waals surface area contributed by atoms with Gasteiger partial charge in [-0.1, -0.05) is 0 Å². The first-order chi connectivity index (χ1) is 16.4. The molecular formula is C25H32N4O6.